The maximum atomic E-state index is 10.8. The molecular weight excluding hydrogens is 216 g/mol. The van der Waals surface area contributed by atoms with Gasteiger partial charge in [0, 0.05) is 0 Å². The van der Waals surface area contributed by atoms with Gasteiger partial charge < -0.3 is 9.84 Å². The Hall–Kier alpha value is -1.51. The van der Waals surface area contributed by atoms with E-state index < -0.39 is 5.97 Å². The lowest BCUT2D eigenvalue weighted by molar-refractivity contribution is -0.141. The van der Waals surface area contributed by atoms with Crippen LogP contribution >= 0.6 is 0 Å². The van der Waals surface area contributed by atoms with Crippen molar-refractivity contribution in [3.63, 3.8) is 0 Å². The Bertz CT molecular complexity index is 396. The fourth-order valence-corrected chi connectivity index (χ4v) is 1.80. The van der Waals surface area contributed by atoms with E-state index in [0.717, 1.165) is 16.9 Å². The Morgan fingerprint density at radius 3 is 2.47 bits per heavy atom. The maximum Gasteiger partial charge on any atom is 0.306 e. The van der Waals surface area contributed by atoms with E-state index >= 15 is 0 Å². The number of carbonyl (C=O) groups is 1. The van der Waals surface area contributed by atoms with Gasteiger partial charge in [0.2, 0.25) is 0 Å². The summed E-state index contributed by atoms with van der Waals surface area (Å²) < 4.78 is 5.34. The molecule has 0 aliphatic rings. The van der Waals surface area contributed by atoms with Crippen LogP contribution in [0.15, 0.2) is 18.2 Å². The third-order valence-corrected chi connectivity index (χ3v) is 2.88. The first-order chi connectivity index (χ1) is 7.95. The highest BCUT2D eigenvalue weighted by Crippen LogP contribution is 2.28. The summed E-state index contributed by atoms with van der Waals surface area (Å²) in [6, 6.07) is 5.94. The molecule has 3 nitrogen and oxygen atoms in total. The zero-order valence-electron chi connectivity index (χ0n) is 10.9. The van der Waals surface area contributed by atoms with Crippen molar-refractivity contribution < 1.29 is 14.6 Å². The minimum atomic E-state index is -0.767. The van der Waals surface area contributed by atoms with Gasteiger partial charge in [-0.1, -0.05) is 32.9 Å². The fourth-order valence-electron chi connectivity index (χ4n) is 1.80. The predicted molar refractivity (Wildman–Crippen MR) is 67.6 cm³/mol. The van der Waals surface area contributed by atoms with Crippen molar-refractivity contribution >= 4 is 5.97 Å². The molecule has 3 heteroatoms. The van der Waals surface area contributed by atoms with E-state index in [0.29, 0.717) is 12.3 Å². The van der Waals surface area contributed by atoms with Crippen molar-refractivity contribution in [2.45, 2.75) is 33.1 Å². The monoisotopic (exact) mass is 236 g/mol. The van der Waals surface area contributed by atoms with Gasteiger partial charge in [-0.2, -0.15) is 0 Å². The number of aliphatic carboxylic acids is 1. The fraction of sp³-hybridized carbons (Fsp3) is 0.500. The van der Waals surface area contributed by atoms with Crippen LogP contribution in [0.5, 0.6) is 5.75 Å². The van der Waals surface area contributed by atoms with Crippen LogP contribution in [0.2, 0.25) is 0 Å². The molecule has 17 heavy (non-hydrogen) atoms. The molecule has 0 aliphatic heterocycles. The molecule has 0 bridgehead atoms. The smallest absolute Gasteiger partial charge is 0.306 e. The summed E-state index contributed by atoms with van der Waals surface area (Å²) in [4.78, 5) is 10.8. The summed E-state index contributed by atoms with van der Waals surface area (Å²) in [6.45, 7) is 5.93. The van der Waals surface area contributed by atoms with Gasteiger partial charge in [-0.05, 0) is 29.5 Å². The molecule has 0 radical (unpaired) electrons. The van der Waals surface area contributed by atoms with E-state index in [1.54, 1.807) is 14.0 Å². The minimum absolute atomic E-state index is 0.371. The zero-order valence-corrected chi connectivity index (χ0v) is 10.9. The molecule has 0 saturated carbocycles. The highest BCUT2D eigenvalue weighted by atomic mass is 16.5. The van der Waals surface area contributed by atoms with E-state index in [1.807, 2.05) is 18.2 Å². The van der Waals surface area contributed by atoms with Crippen molar-refractivity contribution in [1.82, 2.24) is 0 Å². The van der Waals surface area contributed by atoms with E-state index in [-0.39, 0.29) is 5.92 Å². The first-order valence-electron chi connectivity index (χ1n) is 5.85. The van der Waals surface area contributed by atoms with Crippen molar-refractivity contribution in [1.29, 1.82) is 0 Å². The lowest BCUT2D eigenvalue weighted by atomic mass is 9.96. The van der Waals surface area contributed by atoms with E-state index in [4.69, 9.17) is 9.84 Å². The highest BCUT2D eigenvalue weighted by molar-refractivity contribution is 5.69. The first-order valence-corrected chi connectivity index (χ1v) is 5.85. The molecule has 0 aromatic heterocycles. The van der Waals surface area contributed by atoms with Gasteiger partial charge in [-0.15, -0.1) is 0 Å². The molecule has 0 fully saturated rings. The Morgan fingerprint density at radius 1 is 1.35 bits per heavy atom. The van der Waals surface area contributed by atoms with Crippen molar-refractivity contribution in [3.05, 3.63) is 29.3 Å². The van der Waals surface area contributed by atoms with Gasteiger partial charge in [0.15, 0.2) is 0 Å². The first kappa shape index (κ1) is 13.6. The summed E-state index contributed by atoms with van der Waals surface area (Å²) >= 11 is 0. The van der Waals surface area contributed by atoms with E-state index in [9.17, 15) is 4.79 Å². The molecule has 1 N–H and O–H groups in total. The largest absolute Gasteiger partial charge is 0.496 e. The summed E-state index contributed by atoms with van der Waals surface area (Å²) in [7, 11) is 1.64. The van der Waals surface area contributed by atoms with Crippen LogP contribution < -0.4 is 4.74 Å². The molecule has 1 aromatic rings. The second kappa shape index (κ2) is 5.71. The van der Waals surface area contributed by atoms with Gasteiger partial charge >= 0.3 is 5.97 Å². The predicted octanol–water partition coefficient (Wildman–Crippen LogP) is 3.08. The van der Waals surface area contributed by atoms with Crippen LogP contribution in [-0.2, 0) is 11.2 Å². The van der Waals surface area contributed by atoms with Crippen LogP contribution in [0.3, 0.4) is 0 Å². The topological polar surface area (TPSA) is 46.5 Å². The van der Waals surface area contributed by atoms with Gasteiger partial charge in [-0.3, -0.25) is 4.79 Å². The number of methoxy groups -OCH3 is 1. The molecule has 0 spiro atoms. The minimum Gasteiger partial charge on any atom is -0.496 e. The highest BCUT2D eigenvalue weighted by Gasteiger charge is 2.14. The van der Waals surface area contributed by atoms with Crippen molar-refractivity contribution in [3.8, 4) is 5.75 Å². The molecule has 0 saturated heterocycles. The Balaban J connectivity index is 2.93. The lowest BCUT2D eigenvalue weighted by Crippen LogP contribution is -2.12. The molecule has 0 aliphatic carbocycles. The number of carboxylic acids is 1. The summed E-state index contributed by atoms with van der Waals surface area (Å²) in [5, 5.41) is 8.88. The van der Waals surface area contributed by atoms with Gasteiger partial charge in [0.25, 0.3) is 0 Å². The van der Waals surface area contributed by atoms with Crippen LogP contribution in [0.1, 0.15) is 37.8 Å². The number of rotatable bonds is 5. The average molecular weight is 236 g/mol. The summed E-state index contributed by atoms with van der Waals surface area (Å²) in [6.07, 6.45) is 0.532. The van der Waals surface area contributed by atoms with Crippen molar-refractivity contribution in [2.24, 2.45) is 5.92 Å². The van der Waals surface area contributed by atoms with E-state index in [1.165, 1.54) is 0 Å². The molecule has 0 heterocycles. The lowest BCUT2D eigenvalue weighted by Gasteiger charge is -2.14. The van der Waals surface area contributed by atoms with Gasteiger partial charge in [0.1, 0.15) is 5.75 Å². The van der Waals surface area contributed by atoms with Crippen LogP contribution in [0.25, 0.3) is 0 Å². The number of benzene rings is 1. The molecule has 0 amide bonds. The normalized spacial score (nSPS) is 12.5. The third kappa shape index (κ3) is 3.48. The molecule has 1 aromatic carbocycles. The van der Waals surface area contributed by atoms with Crippen molar-refractivity contribution in [2.75, 3.05) is 7.11 Å². The molecular formula is C14H20O3. The SMILES string of the molecule is COc1cc(CC(C)C(=O)O)ccc1C(C)C. The molecule has 94 valence electrons. The maximum absolute atomic E-state index is 10.8. The summed E-state index contributed by atoms with van der Waals surface area (Å²) in [5.74, 6) is 0.104. The Morgan fingerprint density at radius 2 is 2.00 bits per heavy atom. The molecule has 1 atom stereocenters. The number of carboxylic acid groups (broad SMARTS) is 1. The standard InChI is InChI=1S/C14H20O3/c1-9(2)12-6-5-11(8-13(12)17-4)7-10(3)14(15)16/h5-6,8-10H,7H2,1-4H3,(H,15,16). The van der Waals surface area contributed by atoms with Gasteiger partial charge in [-0.25, -0.2) is 0 Å². The number of hydrogen-bond acceptors (Lipinski definition) is 2. The van der Waals surface area contributed by atoms with Gasteiger partial charge in [0.05, 0.1) is 13.0 Å². The quantitative estimate of drug-likeness (QED) is 0.854. The molecule has 1 rings (SSSR count). The number of ether oxygens (including phenoxy) is 1. The number of hydrogen-bond donors (Lipinski definition) is 1. The molecule has 1 unspecified atom stereocenters. The second-order valence-electron chi connectivity index (χ2n) is 4.67. The third-order valence-electron chi connectivity index (χ3n) is 2.88. The summed E-state index contributed by atoms with van der Waals surface area (Å²) in [5.41, 5.74) is 2.15. The van der Waals surface area contributed by atoms with Crippen LogP contribution in [0.4, 0.5) is 0 Å². The average Bonchev–Trinajstić information content (AvgIpc) is 2.28. The van der Waals surface area contributed by atoms with Crippen LogP contribution in [0, 0.1) is 5.92 Å². The Kier molecular flexibility index (Phi) is 4.55. The second-order valence-corrected chi connectivity index (χ2v) is 4.67. The van der Waals surface area contributed by atoms with E-state index in [2.05, 4.69) is 13.8 Å². The zero-order chi connectivity index (χ0) is 13.0. The van der Waals surface area contributed by atoms with Crippen LogP contribution in [-0.4, -0.2) is 18.2 Å². The Labute approximate surface area is 102 Å².